The summed E-state index contributed by atoms with van der Waals surface area (Å²) in [6.45, 7) is 0. The van der Waals surface area contributed by atoms with Crippen molar-refractivity contribution < 1.29 is 15.3 Å². The van der Waals surface area contributed by atoms with Gasteiger partial charge in [-0.1, -0.05) is 4.98 Å². The van der Waals surface area contributed by atoms with Gasteiger partial charge in [0.05, 0.1) is 6.07 Å². The zero-order chi connectivity index (χ0) is 7.72. The lowest BCUT2D eigenvalue weighted by Gasteiger charge is -2.07. The predicted molar refractivity (Wildman–Crippen MR) is 37.3 cm³/mol. The lowest BCUT2D eigenvalue weighted by molar-refractivity contribution is -0.577. The third kappa shape index (κ3) is 1.58. The highest BCUT2D eigenvalue weighted by Gasteiger charge is 2.04. The SMILES string of the molecule is Nc1cc(O)nc(N)[n+]1[O-].O. The van der Waals surface area contributed by atoms with E-state index in [0.29, 0.717) is 0 Å². The third-order valence-corrected chi connectivity index (χ3v) is 0.949. The van der Waals surface area contributed by atoms with E-state index >= 15 is 0 Å². The van der Waals surface area contributed by atoms with Crippen molar-refractivity contribution >= 4 is 11.8 Å². The van der Waals surface area contributed by atoms with Crippen LogP contribution in [0.25, 0.3) is 0 Å². The fraction of sp³-hybridized carbons (Fsp3) is 0. The Morgan fingerprint density at radius 1 is 1.55 bits per heavy atom. The maximum atomic E-state index is 10.6. The molecule has 0 saturated heterocycles. The van der Waals surface area contributed by atoms with Gasteiger partial charge in [-0.05, 0) is 0 Å². The van der Waals surface area contributed by atoms with Crippen molar-refractivity contribution in [1.29, 1.82) is 0 Å². The molecule has 0 amide bonds. The molecule has 7 heteroatoms. The number of hydrogen-bond donors (Lipinski definition) is 3. The molecule has 0 spiro atoms. The third-order valence-electron chi connectivity index (χ3n) is 0.949. The van der Waals surface area contributed by atoms with Gasteiger partial charge >= 0.3 is 5.95 Å². The highest BCUT2D eigenvalue weighted by Crippen LogP contribution is 2.06. The Morgan fingerprint density at radius 2 is 2.09 bits per heavy atom. The number of aromatic nitrogens is 2. The molecular formula is C4H8N4O3. The largest absolute Gasteiger partial charge is 0.754 e. The number of anilines is 2. The molecule has 0 atom stereocenters. The molecule has 62 valence electrons. The van der Waals surface area contributed by atoms with Crippen molar-refractivity contribution in [2.75, 3.05) is 11.5 Å². The minimum absolute atomic E-state index is 0. The van der Waals surface area contributed by atoms with Crippen molar-refractivity contribution in [3.8, 4) is 5.88 Å². The summed E-state index contributed by atoms with van der Waals surface area (Å²) in [5.74, 6) is -0.899. The van der Waals surface area contributed by atoms with Gasteiger partial charge in [0.2, 0.25) is 0 Å². The van der Waals surface area contributed by atoms with E-state index in [2.05, 4.69) is 4.98 Å². The number of nitrogen functional groups attached to an aromatic ring is 2. The van der Waals surface area contributed by atoms with Crippen LogP contribution in [-0.2, 0) is 0 Å². The van der Waals surface area contributed by atoms with Crippen molar-refractivity contribution in [3.05, 3.63) is 11.3 Å². The maximum Gasteiger partial charge on any atom is 0.347 e. The summed E-state index contributed by atoms with van der Waals surface area (Å²) < 4.78 is 0.222. The quantitative estimate of drug-likeness (QED) is 0.290. The average Bonchev–Trinajstić information content (AvgIpc) is 1.82. The summed E-state index contributed by atoms with van der Waals surface area (Å²) in [6, 6.07) is 1.02. The van der Waals surface area contributed by atoms with Crippen LogP contribution < -0.4 is 16.2 Å². The van der Waals surface area contributed by atoms with E-state index < -0.39 is 0 Å². The van der Waals surface area contributed by atoms with Gasteiger partial charge in [-0.2, -0.15) is 0 Å². The van der Waals surface area contributed by atoms with Crippen LogP contribution in [0.15, 0.2) is 6.07 Å². The number of aromatic hydroxyl groups is 1. The molecular weight excluding hydrogens is 152 g/mol. The first kappa shape index (κ1) is 9.24. The summed E-state index contributed by atoms with van der Waals surface area (Å²) in [5.41, 5.74) is 10.1. The molecule has 1 aromatic heterocycles. The molecule has 0 aliphatic rings. The number of nitrogens with two attached hydrogens (primary N) is 2. The lowest BCUT2D eigenvalue weighted by atomic mass is 10.6. The van der Waals surface area contributed by atoms with Gasteiger partial charge in [0.1, 0.15) is 0 Å². The van der Waals surface area contributed by atoms with Crippen LogP contribution in [0, 0.1) is 5.21 Å². The van der Waals surface area contributed by atoms with Crippen molar-refractivity contribution in [1.82, 2.24) is 4.98 Å². The topological polar surface area (TPSA) is 144 Å². The Morgan fingerprint density at radius 3 is 2.55 bits per heavy atom. The highest BCUT2D eigenvalue weighted by molar-refractivity contribution is 5.30. The molecule has 1 heterocycles. The summed E-state index contributed by atoms with van der Waals surface area (Å²) in [6.07, 6.45) is 0. The molecule has 7 N–H and O–H groups in total. The normalized spacial score (nSPS) is 8.73. The highest BCUT2D eigenvalue weighted by atomic mass is 16.5. The molecule has 0 aliphatic carbocycles. The zero-order valence-corrected chi connectivity index (χ0v) is 5.48. The second-order valence-corrected chi connectivity index (χ2v) is 1.69. The molecule has 0 aliphatic heterocycles. The van der Waals surface area contributed by atoms with Gasteiger partial charge in [-0.15, -0.1) is 0 Å². The average molecular weight is 160 g/mol. The van der Waals surface area contributed by atoms with Gasteiger partial charge in [0.15, 0.2) is 5.82 Å². The second-order valence-electron chi connectivity index (χ2n) is 1.69. The van der Waals surface area contributed by atoms with Gasteiger partial charge in [-0.25, -0.2) is 4.73 Å². The Bertz CT molecular complexity index is 241. The van der Waals surface area contributed by atoms with E-state index in [1.54, 1.807) is 0 Å². The molecule has 0 bridgehead atoms. The Labute approximate surface area is 61.8 Å². The molecule has 0 saturated carbocycles. The Kier molecular flexibility index (Phi) is 2.42. The van der Waals surface area contributed by atoms with Crippen molar-refractivity contribution in [3.63, 3.8) is 0 Å². The molecule has 1 aromatic rings. The van der Waals surface area contributed by atoms with Crippen LogP contribution in [0.4, 0.5) is 11.8 Å². The van der Waals surface area contributed by atoms with Gasteiger partial charge in [-0.3, -0.25) is 0 Å². The first-order valence-corrected chi connectivity index (χ1v) is 2.46. The fourth-order valence-corrected chi connectivity index (χ4v) is 0.518. The van der Waals surface area contributed by atoms with Crippen LogP contribution in [0.5, 0.6) is 5.88 Å². The van der Waals surface area contributed by atoms with E-state index in [-0.39, 0.29) is 27.9 Å². The van der Waals surface area contributed by atoms with E-state index in [4.69, 9.17) is 16.6 Å². The number of hydrogen-bond acceptors (Lipinski definition) is 5. The van der Waals surface area contributed by atoms with Crippen molar-refractivity contribution in [2.45, 2.75) is 0 Å². The molecule has 0 radical (unpaired) electrons. The first-order valence-electron chi connectivity index (χ1n) is 2.46. The standard InChI is InChI=1S/C4H6N4O2.H2O/c5-2-1-3(9)7-4(6)8(2)10;/h1H,5H2,(H3,6,7,9);1H2. The van der Waals surface area contributed by atoms with Crippen molar-refractivity contribution in [2.24, 2.45) is 0 Å². The summed E-state index contributed by atoms with van der Waals surface area (Å²) in [7, 11) is 0. The molecule has 0 unspecified atom stereocenters. The Balaban J connectivity index is 0.000001000. The van der Waals surface area contributed by atoms with Crippen LogP contribution in [-0.4, -0.2) is 15.6 Å². The number of rotatable bonds is 0. The molecule has 0 aromatic carbocycles. The van der Waals surface area contributed by atoms with E-state index in [9.17, 15) is 5.21 Å². The second kappa shape index (κ2) is 2.88. The smallest absolute Gasteiger partial charge is 0.347 e. The van der Waals surface area contributed by atoms with Crippen LogP contribution in [0.3, 0.4) is 0 Å². The summed E-state index contributed by atoms with van der Waals surface area (Å²) in [5, 5.41) is 19.3. The summed E-state index contributed by atoms with van der Waals surface area (Å²) >= 11 is 0. The van der Waals surface area contributed by atoms with E-state index in [1.165, 1.54) is 0 Å². The van der Waals surface area contributed by atoms with E-state index in [0.717, 1.165) is 6.07 Å². The predicted octanol–water partition coefficient (Wildman–Crippen LogP) is -2.24. The fourth-order valence-electron chi connectivity index (χ4n) is 0.518. The van der Waals surface area contributed by atoms with E-state index in [1.807, 2.05) is 0 Å². The van der Waals surface area contributed by atoms with Crippen LogP contribution in [0.2, 0.25) is 0 Å². The van der Waals surface area contributed by atoms with Gasteiger partial charge in [0, 0.05) is 0 Å². The lowest BCUT2D eigenvalue weighted by Crippen LogP contribution is -2.34. The molecule has 1 rings (SSSR count). The zero-order valence-electron chi connectivity index (χ0n) is 5.48. The minimum atomic E-state index is -0.363. The minimum Gasteiger partial charge on any atom is -0.754 e. The van der Waals surface area contributed by atoms with Gasteiger partial charge in [0.25, 0.3) is 5.88 Å². The Hall–Kier alpha value is -1.76. The summed E-state index contributed by atoms with van der Waals surface area (Å²) in [4.78, 5) is 3.24. The van der Waals surface area contributed by atoms with Gasteiger partial charge < -0.3 is 27.3 Å². The van der Waals surface area contributed by atoms with Crippen LogP contribution in [0.1, 0.15) is 0 Å². The molecule has 0 fully saturated rings. The molecule has 11 heavy (non-hydrogen) atoms. The first-order chi connectivity index (χ1) is 4.61. The van der Waals surface area contributed by atoms with Crippen LogP contribution >= 0.6 is 0 Å². The number of nitrogens with zero attached hydrogens (tertiary/aromatic N) is 2. The maximum absolute atomic E-state index is 10.6. The molecule has 7 nitrogen and oxygen atoms in total. The monoisotopic (exact) mass is 160 g/mol.